The highest BCUT2D eigenvalue weighted by molar-refractivity contribution is 7.89. The Kier molecular flexibility index (Phi) is 5.74. The maximum atomic E-state index is 12.6. The van der Waals surface area contributed by atoms with Crippen molar-refractivity contribution in [2.75, 3.05) is 45.9 Å². The minimum Gasteiger partial charge on any atom is -0.379 e. The van der Waals surface area contributed by atoms with E-state index in [1.54, 1.807) is 0 Å². The van der Waals surface area contributed by atoms with Crippen molar-refractivity contribution in [3.63, 3.8) is 0 Å². The topological polar surface area (TPSA) is 78.5 Å². The van der Waals surface area contributed by atoms with Crippen molar-refractivity contribution in [2.45, 2.75) is 25.3 Å². The fourth-order valence-corrected chi connectivity index (χ4v) is 3.69. The third-order valence-electron chi connectivity index (χ3n) is 3.68. The molecule has 0 amide bonds. The molecule has 8 heteroatoms. The van der Waals surface area contributed by atoms with E-state index in [4.69, 9.17) is 4.74 Å². The lowest BCUT2D eigenvalue weighted by Crippen LogP contribution is -2.43. The van der Waals surface area contributed by atoms with Crippen molar-refractivity contribution < 1.29 is 13.2 Å². The Bertz CT molecular complexity index is 537. The van der Waals surface area contributed by atoms with E-state index in [1.165, 1.54) is 10.5 Å². The summed E-state index contributed by atoms with van der Waals surface area (Å²) < 4.78 is 31.9. The van der Waals surface area contributed by atoms with Crippen LogP contribution in [0.1, 0.15) is 19.7 Å². The predicted molar refractivity (Wildman–Crippen MR) is 79.7 cm³/mol. The number of likely N-dealkylation sites (N-methyl/N-ethyl adjacent to an activating group) is 1. The Morgan fingerprint density at radius 3 is 2.67 bits per heavy atom. The molecule has 1 aliphatic rings. The number of aromatic amines is 1. The predicted octanol–water partition coefficient (Wildman–Crippen LogP) is 0.315. The van der Waals surface area contributed by atoms with E-state index < -0.39 is 10.0 Å². The highest BCUT2D eigenvalue weighted by Gasteiger charge is 2.25. The number of H-pyrrole nitrogens is 1. The number of rotatable bonds is 7. The maximum Gasteiger partial charge on any atom is 0.260 e. The molecule has 0 bridgehead atoms. The van der Waals surface area contributed by atoms with E-state index in [0.29, 0.717) is 25.3 Å². The molecule has 0 spiro atoms. The molecule has 1 fully saturated rings. The van der Waals surface area contributed by atoms with E-state index in [9.17, 15) is 8.42 Å². The average molecular weight is 316 g/mol. The molecule has 1 saturated heterocycles. The summed E-state index contributed by atoms with van der Waals surface area (Å²) in [4.78, 5) is 9.19. The summed E-state index contributed by atoms with van der Waals surface area (Å²) in [6.45, 7) is 8.62. The molecule has 1 aromatic rings. The number of nitrogens with one attached hydrogen (secondary N) is 1. The van der Waals surface area contributed by atoms with Gasteiger partial charge in [-0.2, -0.15) is 4.31 Å². The molecule has 1 aromatic heterocycles. The fraction of sp³-hybridized carbons (Fsp3) is 0.769. The molecule has 0 radical (unpaired) electrons. The van der Waals surface area contributed by atoms with E-state index in [2.05, 4.69) is 14.9 Å². The first-order valence-corrected chi connectivity index (χ1v) is 8.86. The number of hydrogen-bond donors (Lipinski definition) is 1. The monoisotopic (exact) mass is 316 g/mol. The largest absolute Gasteiger partial charge is 0.379 e. The molecule has 0 aromatic carbocycles. The zero-order valence-corrected chi connectivity index (χ0v) is 13.5. The van der Waals surface area contributed by atoms with Gasteiger partial charge in [-0.05, 0) is 0 Å². The summed E-state index contributed by atoms with van der Waals surface area (Å²) in [6.07, 6.45) is 2.10. The number of aromatic nitrogens is 2. The van der Waals surface area contributed by atoms with E-state index >= 15 is 0 Å². The summed E-state index contributed by atoms with van der Waals surface area (Å²) in [6, 6.07) is 0. The van der Waals surface area contributed by atoms with Crippen LogP contribution in [0.2, 0.25) is 0 Å². The zero-order valence-electron chi connectivity index (χ0n) is 12.7. The lowest BCUT2D eigenvalue weighted by Gasteiger charge is -2.29. The first-order chi connectivity index (χ1) is 10.1. The van der Waals surface area contributed by atoms with Gasteiger partial charge in [0.05, 0.1) is 19.4 Å². The van der Waals surface area contributed by atoms with Crippen molar-refractivity contribution in [3.05, 3.63) is 12.0 Å². The molecule has 0 unspecified atom stereocenters. The standard InChI is InChI=1S/C13H24N4O3S/c1-3-12-14-11-13(15-12)21(18,19)17(4-2)6-5-16-7-9-20-10-8-16/h11H,3-10H2,1-2H3,(H,14,15). The van der Waals surface area contributed by atoms with Crippen LogP contribution in [0.5, 0.6) is 0 Å². The third-order valence-corrected chi connectivity index (χ3v) is 5.56. The normalized spacial score (nSPS) is 17.5. The van der Waals surface area contributed by atoms with Gasteiger partial charge >= 0.3 is 0 Å². The quantitative estimate of drug-likeness (QED) is 0.783. The van der Waals surface area contributed by atoms with Gasteiger partial charge < -0.3 is 9.72 Å². The summed E-state index contributed by atoms with van der Waals surface area (Å²) in [5.41, 5.74) is 0. The van der Waals surface area contributed by atoms with Gasteiger partial charge in [0.2, 0.25) is 0 Å². The number of sulfonamides is 1. The van der Waals surface area contributed by atoms with Crippen molar-refractivity contribution in [1.82, 2.24) is 19.2 Å². The van der Waals surface area contributed by atoms with Crippen LogP contribution in [0.25, 0.3) is 0 Å². The Morgan fingerprint density at radius 1 is 1.38 bits per heavy atom. The third kappa shape index (κ3) is 4.03. The van der Waals surface area contributed by atoms with E-state index in [-0.39, 0.29) is 5.03 Å². The van der Waals surface area contributed by atoms with Crippen molar-refractivity contribution in [1.29, 1.82) is 0 Å². The number of imidazole rings is 1. The Hall–Kier alpha value is -0.960. The van der Waals surface area contributed by atoms with E-state index in [0.717, 1.165) is 32.8 Å². The first-order valence-electron chi connectivity index (χ1n) is 7.42. The Balaban J connectivity index is 2.01. The fourth-order valence-electron chi connectivity index (χ4n) is 2.32. The van der Waals surface area contributed by atoms with Crippen LogP contribution in [-0.4, -0.2) is 73.5 Å². The van der Waals surface area contributed by atoms with Crippen LogP contribution in [-0.2, 0) is 21.2 Å². The van der Waals surface area contributed by atoms with Gasteiger partial charge in [0.1, 0.15) is 5.82 Å². The molecule has 2 rings (SSSR count). The van der Waals surface area contributed by atoms with Crippen LogP contribution in [0.4, 0.5) is 0 Å². The van der Waals surface area contributed by atoms with Crippen LogP contribution in [0.15, 0.2) is 11.2 Å². The highest BCUT2D eigenvalue weighted by atomic mass is 32.2. The summed E-state index contributed by atoms with van der Waals surface area (Å²) in [5, 5.41) is 0.183. The Labute approximate surface area is 126 Å². The second-order valence-electron chi connectivity index (χ2n) is 5.00. The second-order valence-corrected chi connectivity index (χ2v) is 6.90. The van der Waals surface area contributed by atoms with Crippen molar-refractivity contribution in [2.24, 2.45) is 0 Å². The molecule has 2 heterocycles. The smallest absolute Gasteiger partial charge is 0.260 e. The SMILES string of the molecule is CCc1ncc(S(=O)(=O)N(CC)CCN2CCOCC2)[nH]1. The van der Waals surface area contributed by atoms with Gasteiger partial charge in [0.25, 0.3) is 10.0 Å². The Morgan fingerprint density at radius 2 is 2.10 bits per heavy atom. The first kappa shape index (κ1) is 16.4. The van der Waals surface area contributed by atoms with Gasteiger partial charge in [0, 0.05) is 39.1 Å². The molecular weight excluding hydrogens is 292 g/mol. The molecule has 0 atom stereocenters. The minimum atomic E-state index is -3.48. The van der Waals surface area contributed by atoms with Gasteiger partial charge in [-0.25, -0.2) is 13.4 Å². The van der Waals surface area contributed by atoms with Crippen LogP contribution in [0.3, 0.4) is 0 Å². The van der Waals surface area contributed by atoms with Crippen molar-refractivity contribution >= 4 is 10.0 Å². The van der Waals surface area contributed by atoms with Crippen LogP contribution >= 0.6 is 0 Å². The number of aryl methyl sites for hydroxylation is 1. The van der Waals surface area contributed by atoms with Gasteiger partial charge in [-0.15, -0.1) is 0 Å². The lowest BCUT2D eigenvalue weighted by atomic mass is 10.4. The van der Waals surface area contributed by atoms with Gasteiger partial charge in [-0.1, -0.05) is 13.8 Å². The zero-order chi connectivity index (χ0) is 15.3. The average Bonchev–Trinajstić information content (AvgIpc) is 2.98. The van der Waals surface area contributed by atoms with Gasteiger partial charge in [-0.3, -0.25) is 4.90 Å². The molecule has 1 aliphatic heterocycles. The minimum absolute atomic E-state index is 0.183. The van der Waals surface area contributed by atoms with Crippen LogP contribution in [0, 0.1) is 0 Å². The number of morpholine rings is 1. The summed E-state index contributed by atoms with van der Waals surface area (Å²) in [7, 11) is -3.48. The summed E-state index contributed by atoms with van der Waals surface area (Å²) in [5.74, 6) is 0.692. The van der Waals surface area contributed by atoms with Crippen molar-refractivity contribution in [3.8, 4) is 0 Å². The number of ether oxygens (including phenoxy) is 1. The number of hydrogen-bond acceptors (Lipinski definition) is 5. The molecule has 120 valence electrons. The molecule has 1 N–H and O–H groups in total. The molecule has 0 aliphatic carbocycles. The maximum absolute atomic E-state index is 12.6. The van der Waals surface area contributed by atoms with Gasteiger partial charge in [0.15, 0.2) is 5.03 Å². The highest BCUT2D eigenvalue weighted by Crippen LogP contribution is 2.13. The molecule has 21 heavy (non-hydrogen) atoms. The van der Waals surface area contributed by atoms with E-state index in [1.807, 2.05) is 13.8 Å². The van der Waals surface area contributed by atoms with Crippen LogP contribution < -0.4 is 0 Å². The number of nitrogens with zero attached hydrogens (tertiary/aromatic N) is 3. The second kappa shape index (κ2) is 7.35. The summed E-state index contributed by atoms with van der Waals surface area (Å²) >= 11 is 0. The molecular formula is C13H24N4O3S. The molecule has 0 saturated carbocycles. The molecule has 7 nitrogen and oxygen atoms in total. The lowest BCUT2D eigenvalue weighted by molar-refractivity contribution is 0.0364.